The van der Waals surface area contributed by atoms with Gasteiger partial charge in [0.05, 0.1) is 25.3 Å². The third-order valence-corrected chi connectivity index (χ3v) is 4.01. The van der Waals surface area contributed by atoms with Gasteiger partial charge in [0, 0.05) is 7.11 Å². The van der Waals surface area contributed by atoms with Crippen LogP contribution in [0, 0.1) is 0 Å². The van der Waals surface area contributed by atoms with Crippen molar-refractivity contribution in [1.82, 2.24) is 9.55 Å². The number of rotatable bonds is 6. The molecule has 0 unspecified atom stereocenters. The van der Waals surface area contributed by atoms with E-state index in [2.05, 4.69) is 10.3 Å². The maximum Gasteiger partial charge on any atom is 0.330 e. The molecule has 0 radical (unpaired) electrons. The van der Waals surface area contributed by atoms with Crippen LogP contribution in [-0.4, -0.2) is 40.5 Å². The van der Waals surface area contributed by atoms with E-state index in [0.29, 0.717) is 6.61 Å². The predicted octanol–water partition coefficient (Wildman–Crippen LogP) is -0.518. The molecule has 2 rings (SSSR count). The Morgan fingerprint density at radius 2 is 2.10 bits per heavy atom. The quantitative estimate of drug-likeness (QED) is 0.560. The molecule has 0 spiro atoms. The first kappa shape index (κ1) is 15.6. The summed E-state index contributed by atoms with van der Waals surface area (Å²) in [7, 11) is 1.52. The van der Waals surface area contributed by atoms with E-state index in [9.17, 15) is 14.7 Å². The number of ether oxygens (including phenoxy) is 1. The summed E-state index contributed by atoms with van der Waals surface area (Å²) in [5.41, 5.74) is 4.43. The molecular formula is C13H22N4O4. The molecule has 8 nitrogen and oxygen atoms in total. The fourth-order valence-corrected chi connectivity index (χ4v) is 2.75. The van der Waals surface area contributed by atoms with E-state index in [1.807, 2.05) is 0 Å². The summed E-state index contributed by atoms with van der Waals surface area (Å²) >= 11 is 0. The summed E-state index contributed by atoms with van der Waals surface area (Å²) in [4.78, 5) is 26.1. The number of aromatic amines is 1. The third-order valence-electron chi connectivity index (χ3n) is 4.01. The van der Waals surface area contributed by atoms with Crippen molar-refractivity contribution in [3.63, 3.8) is 0 Å². The lowest BCUT2D eigenvalue weighted by atomic mass is 9.98. The van der Waals surface area contributed by atoms with E-state index in [-0.39, 0.29) is 24.7 Å². The molecule has 0 saturated heterocycles. The van der Waals surface area contributed by atoms with Crippen molar-refractivity contribution in [2.45, 2.75) is 37.8 Å². The fraction of sp³-hybridized carbons (Fsp3) is 0.692. The van der Waals surface area contributed by atoms with Crippen molar-refractivity contribution < 1.29 is 9.84 Å². The van der Waals surface area contributed by atoms with Crippen LogP contribution in [-0.2, 0) is 11.3 Å². The molecule has 1 aliphatic rings. The minimum Gasteiger partial charge on any atom is -0.394 e. The average Bonchev–Trinajstić information content (AvgIpc) is 2.92. The van der Waals surface area contributed by atoms with Crippen molar-refractivity contribution in [2.24, 2.45) is 0 Å². The number of hydrogen-bond donors (Lipinski definition) is 4. The topological polar surface area (TPSA) is 122 Å². The lowest BCUT2D eigenvalue weighted by Crippen LogP contribution is -2.43. The standard InChI is InChI=1S/C13H22N4O4/c1-21-7-6-17-10(14)9(11(19)15-12(17)20)16-13(8-18)4-2-3-5-13/h16,18H,2-8,14H2,1H3,(H,15,19,20). The second-order valence-corrected chi connectivity index (χ2v) is 5.43. The zero-order valence-corrected chi connectivity index (χ0v) is 12.1. The summed E-state index contributed by atoms with van der Waals surface area (Å²) in [6.07, 6.45) is 3.49. The van der Waals surface area contributed by atoms with Gasteiger partial charge in [-0.1, -0.05) is 12.8 Å². The molecule has 1 fully saturated rings. The number of aliphatic hydroxyl groups is 1. The molecule has 0 bridgehead atoms. The second kappa shape index (κ2) is 6.31. The van der Waals surface area contributed by atoms with Gasteiger partial charge in [-0.2, -0.15) is 0 Å². The van der Waals surface area contributed by atoms with Crippen LogP contribution >= 0.6 is 0 Å². The van der Waals surface area contributed by atoms with Crippen molar-refractivity contribution >= 4 is 11.5 Å². The highest BCUT2D eigenvalue weighted by atomic mass is 16.5. The van der Waals surface area contributed by atoms with Gasteiger partial charge in [0.25, 0.3) is 5.56 Å². The highest BCUT2D eigenvalue weighted by molar-refractivity contribution is 5.62. The lowest BCUT2D eigenvalue weighted by molar-refractivity contribution is 0.186. The number of nitrogens with two attached hydrogens (primary N) is 1. The summed E-state index contributed by atoms with van der Waals surface area (Å²) in [6, 6.07) is 0. The molecule has 5 N–H and O–H groups in total. The van der Waals surface area contributed by atoms with Gasteiger partial charge in [0.1, 0.15) is 11.5 Å². The van der Waals surface area contributed by atoms with Gasteiger partial charge in [-0.05, 0) is 12.8 Å². The van der Waals surface area contributed by atoms with Gasteiger partial charge in [0.2, 0.25) is 0 Å². The molecule has 21 heavy (non-hydrogen) atoms. The van der Waals surface area contributed by atoms with Crippen LogP contribution in [0.25, 0.3) is 0 Å². The van der Waals surface area contributed by atoms with Gasteiger partial charge in [-0.3, -0.25) is 14.3 Å². The zero-order valence-electron chi connectivity index (χ0n) is 12.1. The Labute approximate surface area is 121 Å². The van der Waals surface area contributed by atoms with Crippen molar-refractivity contribution in [3.05, 3.63) is 20.8 Å². The van der Waals surface area contributed by atoms with Crippen LogP contribution in [0.4, 0.5) is 11.5 Å². The molecule has 1 aromatic heterocycles. The maximum atomic E-state index is 12.0. The number of aromatic nitrogens is 2. The largest absolute Gasteiger partial charge is 0.394 e. The minimum atomic E-state index is -0.565. The zero-order chi connectivity index (χ0) is 15.5. The molecule has 0 amide bonds. The number of methoxy groups -OCH3 is 1. The van der Waals surface area contributed by atoms with E-state index >= 15 is 0 Å². The van der Waals surface area contributed by atoms with Crippen LogP contribution in [0.2, 0.25) is 0 Å². The molecule has 8 heteroatoms. The summed E-state index contributed by atoms with van der Waals surface area (Å²) in [5.74, 6) is 0.0699. The smallest absolute Gasteiger partial charge is 0.330 e. The summed E-state index contributed by atoms with van der Waals surface area (Å²) < 4.78 is 6.19. The Balaban J connectivity index is 2.39. The Hall–Kier alpha value is -1.80. The normalized spacial score (nSPS) is 17.0. The molecule has 1 heterocycles. The second-order valence-electron chi connectivity index (χ2n) is 5.43. The van der Waals surface area contributed by atoms with Crippen molar-refractivity contribution in [2.75, 3.05) is 31.4 Å². The van der Waals surface area contributed by atoms with Gasteiger partial charge < -0.3 is 20.9 Å². The Bertz CT molecular complexity index is 601. The number of H-pyrrole nitrogens is 1. The van der Waals surface area contributed by atoms with E-state index in [4.69, 9.17) is 10.5 Å². The number of hydrogen-bond acceptors (Lipinski definition) is 6. The minimum absolute atomic E-state index is 0.0699. The molecule has 1 saturated carbocycles. The Kier molecular flexibility index (Phi) is 4.69. The van der Waals surface area contributed by atoms with Crippen LogP contribution in [0.15, 0.2) is 9.59 Å². The fourth-order valence-electron chi connectivity index (χ4n) is 2.75. The summed E-state index contributed by atoms with van der Waals surface area (Å²) in [5, 5.41) is 12.7. The monoisotopic (exact) mass is 298 g/mol. The van der Waals surface area contributed by atoms with Crippen LogP contribution in [0.5, 0.6) is 0 Å². The number of nitrogens with zero attached hydrogens (tertiary/aromatic N) is 1. The first-order chi connectivity index (χ1) is 10.0. The first-order valence-electron chi connectivity index (χ1n) is 7.03. The van der Waals surface area contributed by atoms with Crippen LogP contribution in [0.3, 0.4) is 0 Å². The SMILES string of the molecule is COCCn1c(N)c(NC2(CO)CCCC2)c(=O)[nH]c1=O. The maximum absolute atomic E-state index is 12.0. The average molecular weight is 298 g/mol. The van der Waals surface area contributed by atoms with Crippen LogP contribution in [0.1, 0.15) is 25.7 Å². The molecule has 1 aliphatic carbocycles. The summed E-state index contributed by atoms with van der Waals surface area (Å²) in [6.45, 7) is 0.475. The predicted molar refractivity (Wildman–Crippen MR) is 79.5 cm³/mol. The van der Waals surface area contributed by atoms with Gasteiger partial charge in [-0.15, -0.1) is 0 Å². The molecule has 0 atom stereocenters. The number of nitrogen functional groups attached to an aromatic ring is 1. The Morgan fingerprint density at radius 3 is 2.67 bits per heavy atom. The van der Waals surface area contributed by atoms with E-state index in [0.717, 1.165) is 25.7 Å². The van der Waals surface area contributed by atoms with Crippen molar-refractivity contribution in [1.29, 1.82) is 0 Å². The molecule has 0 aliphatic heterocycles. The van der Waals surface area contributed by atoms with Gasteiger partial charge in [0.15, 0.2) is 0 Å². The van der Waals surface area contributed by atoms with E-state index in [1.54, 1.807) is 0 Å². The molecule has 1 aromatic rings. The molecule has 0 aromatic carbocycles. The highest BCUT2D eigenvalue weighted by Gasteiger charge is 2.34. The highest BCUT2D eigenvalue weighted by Crippen LogP contribution is 2.32. The molecule has 118 valence electrons. The third kappa shape index (κ3) is 3.11. The number of aliphatic hydroxyl groups excluding tert-OH is 1. The van der Waals surface area contributed by atoms with Crippen LogP contribution < -0.4 is 22.3 Å². The lowest BCUT2D eigenvalue weighted by Gasteiger charge is -2.29. The van der Waals surface area contributed by atoms with Gasteiger partial charge >= 0.3 is 5.69 Å². The molecular weight excluding hydrogens is 276 g/mol. The first-order valence-corrected chi connectivity index (χ1v) is 7.03. The van der Waals surface area contributed by atoms with Gasteiger partial charge in [-0.25, -0.2) is 4.79 Å². The van der Waals surface area contributed by atoms with E-state index in [1.165, 1.54) is 11.7 Å². The van der Waals surface area contributed by atoms with E-state index < -0.39 is 16.8 Å². The number of anilines is 2. The Morgan fingerprint density at radius 1 is 1.43 bits per heavy atom. The van der Waals surface area contributed by atoms with Crippen molar-refractivity contribution in [3.8, 4) is 0 Å². The number of nitrogens with one attached hydrogen (secondary N) is 2.